The van der Waals surface area contributed by atoms with Gasteiger partial charge in [-0.05, 0) is 25.3 Å². The number of halogens is 1. The highest BCUT2D eigenvalue weighted by Gasteiger charge is 2.36. The third-order valence-corrected chi connectivity index (χ3v) is 4.31. The van der Waals surface area contributed by atoms with Crippen molar-refractivity contribution in [2.75, 3.05) is 32.8 Å². The maximum absolute atomic E-state index is 12.6. The van der Waals surface area contributed by atoms with E-state index in [1.54, 1.807) is 0 Å². The van der Waals surface area contributed by atoms with E-state index in [0.29, 0.717) is 38.7 Å². The summed E-state index contributed by atoms with van der Waals surface area (Å²) >= 11 is 0. The molecule has 0 radical (unpaired) electrons. The number of nitrogens with one attached hydrogen (secondary N) is 1. The lowest BCUT2D eigenvalue weighted by Gasteiger charge is -2.35. The highest BCUT2D eigenvalue weighted by Crippen LogP contribution is 2.32. The molecule has 1 unspecified atom stereocenters. The summed E-state index contributed by atoms with van der Waals surface area (Å²) in [5.41, 5.74) is 5.76. The van der Waals surface area contributed by atoms with Crippen molar-refractivity contribution < 1.29 is 14.3 Å². The minimum absolute atomic E-state index is 0. The summed E-state index contributed by atoms with van der Waals surface area (Å²) in [4.78, 5) is 25.4. The van der Waals surface area contributed by atoms with Crippen molar-refractivity contribution >= 4 is 24.2 Å². The Bertz CT molecular complexity index is 367. The standard InChI is InChI=1S/C14H25N3O3.ClH/c1-10(18)16-8-12-9-17(5-6-20-12)14(19)13-4-2-3-11(13)7-15;/h11-13H,2-9,15H2,1H3,(H,16,18);1H/t11-,12?,13-;/m1./s1. The number of amides is 2. The van der Waals surface area contributed by atoms with E-state index in [-0.39, 0.29) is 36.2 Å². The van der Waals surface area contributed by atoms with Crippen LogP contribution in [0.2, 0.25) is 0 Å². The van der Waals surface area contributed by atoms with Gasteiger partial charge in [0.25, 0.3) is 0 Å². The Morgan fingerprint density at radius 1 is 1.38 bits per heavy atom. The summed E-state index contributed by atoms with van der Waals surface area (Å²) in [6.45, 7) is 4.28. The van der Waals surface area contributed by atoms with Crippen LogP contribution in [0.3, 0.4) is 0 Å². The van der Waals surface area contributed by atoms with E-state index in [1.807, 2.05) is 4.90 Å². The number of carbonyl (C=O) groups is 2. The second-order valence-electron chi connectivity index (χ2n) is 5.75. The van der Waals surface area contributed by atoms with Gasteiger partial charge in [-0.2, -0.15) is 0 Å². The summed E-state index contributed by atoms with van der Waals surface area (Å²) in [5, 5.41) is 2.74. The molecule has 6 nitrogen and oxygen atoms in total. The fourth-order valence-corrected chi connectivity index (χ4v) is 3.18. The number of rotatable bonds is 4. The highest BCUT2D eigenvalue weighted by atomic mass is 35.5. The summed E-state index contributed by atoms with van der Waals surface area (Å²) in [6, 6.07) is 0. The van der Waals surface area contributed by atoms with Crippen molar-refractivity contribution in [3.05, 3.63) is 0 Å². The zero-order valence-electron chi connectivity index (χ0n) is 12.5. The van der Waals surface area contributed by atoms with Crippen LogP contribution in [-0.2, 0) is 14.3 Å². The molecule has 0 aromatic heterocycles. The molecule has 2 rings (SSSR count). The summed E-state index contributed by atoms with van der Waals surface area (Å²) in [6.07, 6.45) is 3.01. The third kappa shape index (κ3) is 4.83. The first-order valence-corrected chi connectivity index (χ1v) is 7.46. The number of hydrogen-bond donors (Lipinski definition) is 2. The minimum atomic E-state index is -0.102. The van der Waals surface area contributed by atoms with E-state index in [2.05, 4.69) is 5.32 Å². The molecule has 122 valence electrons. The Balaban J connectivity index is 0.00000220. The molecule has 7 heteroatoms. The van der Waals surface area contributed by atoms with Gasteiger partial charge in [0.15, 0.2) is 0 Å². The van der Waals surface area contributed by atoms with Gasteiger partial charge in [-0.15, -0.1) is 12.4 Å². The molecule has 2 aliphatic rings. The number of morpholine rings is 1. The van der Waals surface area contributed by atoms with Crippen LogP contribution in [0.1, 0.15) is 26.2 Å². The van der Waals surface area contributed by atoms with Crippen LogP contribution < -0.4 is 11.1 Å². The monoisotopic (exact) mass is 319 g/mol. The summed E-state index contributed by atoms with van der Waals surface area (Å²) in [5.74, 6) is 0.559. The normalized spacial score (nSPS) is 28.9. The van der Waals surface area contributed by atoms with Gasteiger partial charge < -0.3 is 20.7 Å². The Kier molecular flexibility index (Phi) is 7.42. The quantitative estimate of drug-likeness (QED) is 0.772. The van der Waals surface area contributed by atoms with Crippen molar-refractivity contribution in [2.45, 2.75) is 32.3 Å². The van der Waals surface area contributed by atoms with E-state index in [0.717, 1.165) is 19.3 Å². The molecular weight excluding hydrogens is 294 g/mol. The first-order chi connectivity index (χ1) is 9.61. The van der Waals surface area contributed by atoms with E-state index >= 15 is 0 Å². The lowest BCUT2D eigenvalue weighted by molar-refractivity contribution is -0.144. The lowest BCUT2D eigenvalue weighted by atomic mass is 9.94. The molecule has 1 aliphatic heterocycles. The summed E-state index contributed by atoms with van der Waals surface area (Å²) < 4.78 is 5.59. The van der Waals surface area contributed by atoms with Crippen LogP contribution in [0, 0.1) is 11.8 Å². The van der Waals surface area contributed by atoms with Crippen molar-refractivity contribution in [2.24, 2.45) is 17.6 Å². The van der Waals surface area contributed by atoms with E-state index < -0.39 is 0 Å². The first kappa shape index (κ1) is 18.2. The van der Waals surface area contributed by atoms with Crippen molar-refractivity contribution in [1.82, 2.24) is 10.2 Å². The molecular formula is C14H26ClN3O3. The highest BCUT2D eigenvalue weighted by molar-refractivity contribution is 5.85. The van der Waals surface area contributed by atoms with Crippen LogP contribution >= 0.6 is 12.4 Å². The Morgan fingerprint density at radius 2 is 2.14 bits per heavy atom. The second kappa shape index (κ2) is 8.56. The molecule has 1 saturated carbocycles. The molecule has 0 aromatic rings. The molecule has 0 aromatic carbocycles. The van der Waals surface area contributed by atoms with Gasteiger partial charge in [-0.1, -0.05) is 6.42 Å². The largest absolute Gasteiger partial charge is 0.373 e. The number of carbonyl (C=O) groups excluding carboxylic acids is 2. The van der Waals surface area contributed by atoms with Crippen LogP contribution in [0.25, 0.3) is 0 Å². The number of nitrogens with two attached hydrogens (primary N) is 1. The Hall–Kier alpha value is -0.850. The van der Waals surface area contributed by atoms with Gasteiger partial charge in [0.1, 0.15) is 0 Å². The maximum atomic E-state index is 12.6. The molecule has 21 heavy (non-hydrogen) atoms. The lowest BCUT2D eigenvalue weighted by Crippen LogP contribution is -2.51. The van der Waals surface area contributed by atoms with Gasteiger partial charge in [0.2, 0.25) is 11.8 Å². The average Bonchev–Trinajstić information content (AvgIpc) is 2.93. The van der Waals surface area contributed by atoms with E-state index in [9.17, 15) is 9.59 Å². The molecule has 2 fully saturated rings. The van der Waals surface area contributed by atoms with Crippen LogP contribution in [-0.4, -0.2) is 55.6 Å². The molecule has 1 heterocycles. The molecule has 1 aliphatic carbocycles. The Morgan fingerprint density at radius 3 is 2.81 bits per heavy atom. The number of hydrogen-bond acceptors (Lipinski definition) is 4. The zero-order valence-corrected chi connectivity index (χ0v) is 13.4. The smallest absolute Gasteiger partial charge is 0.226 e. The SMILES string of the molecule is CC(=O)NCC1CN(C(=O)[C@@H]2CCC[C@@H]2CN)CCO1.Cl. The fraction of sp³-hybridized carbons (Fsp3) is 0.857. The van der Waals surface area contributed by atoms with Crippen LogP contribution in [0.4, 0.5) is 0 Å². The van der Waals surface area contributed by atoms with Crippen molar-refractivity contribution in [1.29, 1.82) is 0 Å². The first-order valence-electron chi connectivity index (χ1n) is 7.46. The van der Waals surface area contributed by atoms with Crippen LogP contribution in [0.15, 0.2) is 0 Å². The molecule has 2 amide bonds. The van der Waals surface area contributed by atoms with Crippen LogP contribution in [0.5, 0.6) is 0 Å². The molecule has 0 spiro atoms. The fourth-order valence-electron chi connectivity index (χ4n) is 3.18. The van der Waals surface area contributed by atoms with Gasteiger partial charge in [-0.25, -0.2) is 0 Å². The molecule has 1 saturated heterocycles. The summed E-state index contributed by atoms with van der Waals surface area (Å²) in [7, 11) is 0. The molecule has 3 atom stereocenters. The van der Waals surface area contributed by atoms with E-state index in [4.69, 9.17) is 10.5 Å². The van der Waals surface area contributed by atoms with Gasteiger partial charge >= 0.3 is 0 Å². The minimum Gasteiger partial charge on any atom is -0.373 e. The maximum Gasteiger partial charge on any atom is 0.226 e. The zero-order chi connectivity index (χ0) is 14.5. The van der Waals surface area contributed by atoms with Gasteiger partial charge in [-0.3, -0.25) is 9.59 Å². The molecule has 0 bridgehead atoms. The Labute approximate surface area is 132 Å². The van der Waals surface area contributed by atoms with Crippen molar-refractivity contribution in [3.8, 4) is 0 Å². The predicted molar refractivity (Wildman–Crippen MR) is 82.1 cm³/mol. The van der Waals surface area contributed by atoms with E-state index in [1.165, 1.54) is 6.92 Å². The van der Waals surface area contributed by atoms with Gasteiger partial charge in [0.05, 0.1) is 12.7 Å². The predicted octanol–water partition coefficient (Wildman–Crippen LogP) is 0.147. The third-order valence-electron chi connectivity index (χ3n) is 4.31. The second-order valence-corrected chi connectivity index (χ2v) is 5.75. The number of nitrogens with zero attached hydrogens (tertiary/aromatic N) is 1. The number of ether oxygens (including phenoxy) is 1. The van der Waals surface area contributed by atoms with Gasteiger partial charge in [0, 0.05) is 32.5 Å². The van der Waals surface area contributed by atoms with Crippen molar-refractivity contribution in [3.63, 3.8) is 0 Å². The molecule has 3 N–H and O–H groups in total. The average molecular weight is 320 g/mol. The topological polar surface area (TPSA) is 84.7 Å².